The Balaban J connectivity index is 2.38. The van der Waals surface area contributed by atoms with Crippen LogP contribution in [0.25, 0.3) is 0 Å². The zero-order valence-corrected chi connectivity index (χ0v) is 15.0. The van der Waals surface area contributed by atoms with Gasteiger partial charge in [0.1, 0.15) is 5.75 Å². The summed E-state index contributed by atoms with van der Waals surface area (Å²) in [7, 11) is 0. The zero-order valence-electron chi connectivity index (χ0n) is 13.4. The van der Waals surface area contributed by atoms with E-state index in [1.54, 1.807) is 0 Å². The number of phenols is 1. The number of hydrogen-bond acceptors (Lipinski definition) is 2. The van der Waals surface area contributed by atoms with Gasteiger partial charge in [0.2, 0.25) is 0 Å². The third kappa shape index (κ3) is 3.09. The Labute approximate surface area is 140 Å². The normalized spacial score (nSPS) is 12.2. The minimum absolute atomic E-state index is 0.0741. The Hall–Kier alpha value is -1.61. The summed E-state index contributed by atoms with van der Waals surface area (Å²) in [6.45, 7) is 7.51. The van der Waals surface area contributed by atoms with E-state index in [1.165, 1.54) is 0 Å². The topological polar surface area (TPSA) is 37.3 Å². The molecule has 0 saturated carbocycles. The molecule has 3 heteroatoms. The lowest BCUT2D eigenvalue weighted by Gasteiger charge is -2.18. The van der Waals surface area contributed by atoms with E-state index in [4.69, 9.17) is 0 Å². The fourth-order valence-electron chi connectivity index (χ4n) is 2.73. The Kier molecular flexibility index (Phi) is 5.07. The quantitative estimate of drug-likeness (QED) is 0.627. The van der Waals surface area contributed by atoms with Crippen LogP contribution in [0.15, 0.2) is 30.3 Å². The third-order valence-electron chi connectivity index (χ3n) is 4.37. The molecule has 22 heavy (non-hydrogen) atoms. The lowest BCUT2D eigenvalue weighted by molar-refractivity contribution is 0.0989. The zero-order chi connectivity index (χ0) is 16.4. The average molecular weight is 361 g/mol. The molecule has 0 heterocycles. The molecule has 1 unspecified atom stereocenters. The first kappa shape index (κ1) is 16.8. The minimum Gasteiger partial charge on any atom is -0.507 e. The number of hydrogen-bond donors (Lipinski definition) is 1. The molecule has 0 aromatic heterocycles. The molecule has 2 aromatic rings. The van der Waals surface area contributed by atoms with Crippen LogP contribution >= 0.6 is 15.9 Å². The maximum absolute atomic E-state index is 12.9. The molecule has 116 valence electrons. The Morgan fingerprint density at radius 3 is 2.00 bits per heavy atom. The SMILES string of the molecule is Cc1c(C)c(C(=O)C(Br)Cc2ccccc2)c(C)c(C)c1O. The van der Waals surface area contributed by atoms with Crippen molar-refractivity contribution in [3.63, 3.8) is 0 Å². The number of carbonyl (C=O) groups is 1. The maximum atomic E-state index is 12.9. The molecule has 0 spiro atoms. The van der Waals surface area contributed by atoms with Crippen LogP contribution in [0.3, 0.4) is 0 Å². The van der Waals surface area contributed by atoms with E-state index in [9.17, 15) is 9.90 Å². The number of Topliss-reactive ketones (excluding diaryl/α,β-unsaturated/α-hetero) is 1. The number of carbonyl (C=O) groups excluding carboxylic acids is 1. The van der Waals surface area contributed by atoms with Gasteiger partial charge in [0.05, 0.1) is 4.83 Å². The summed E-state index contributed by atoms with van der Waals surface area (Å²) >= 11 is 3.54. The first-order valence-corrected chi connectivity index (χ1v) is 8.27. The second-order valence-electron chi connectivity index (χ2n) is 5.75. The van der Waals surface area contributed by atoms with Crippen LogP contribution in [0.1, 0.15) is 38.2 Å². The fraction of sp³-hybridized carbons (Fsp3) is 0.316. The summed E-state index contributed by atoms with van der Waals surface area (Å²) in [5.41, 5.74) is 5.15. The molecule has 1 atom stereocenters. The minimum atomic E-state index is -0.268. The predicted molar refractivity (Wildman–Crippen MR) is 94.2 cm³/mol. The number of halogens is 1. The molecule has 0 bridgehead atoms. The van der Waals surface area contributed by atoms with E-state index < -0.39 is 0 Å². The predicted octanol–water partition coefficient (Wildman–Crippen LogP) is 4.81. The average Bonchev–Trinajstić information content (AvgIpc) is 2.52. The van der Waals surface area contributed by atoms with Crippen molar-refractivity contribution in [2.24, 2.45) is 0 Å². The maximum Gasteiger partial charge on any atom is 0.177 e. The number of rotatable bonds is 4. The van der Waals surface area contributed by atoms with Gasteiger partial charge < -0.3 is 5.11 Å². The molecule has 0 aliphatic carbocycles. The third-order valence-corrected chi connectivity index (χ3v) is 5.11. The van der Waals surface area contributed by atoms with Crippen LogP contribution in [0, 0.1) is 27.7 Å². The van der Waals surface area contributed by atoms with Crippen molar-refractivity contribution in [3.8, 4) is 5.75 Å². The smallest absolute Gasteiger partial charge is 0.177 e. The van der Waals surface area contributed by atoms with Gasteiger partial charge in [0, 0.05) is 5.56 Å². The fourth-order valence-corrected chi connectivity index (χ4v) is 3.34. The standard InChI is InChI=1S/C19H21BrO2/c1-11-13(3)18(21)14(4)12(2)17(11)19(22)16(20)10-15-8-6-5-7-9-15/h5-9,16,21H,10H2,1-4H3. The van der Waals surface area contributed by atoms with E-state index in [0.717, 1.165) is 33.4 Å². The van der Waals surface area contributed by atoms with E-state index in [-0.39, 0.29) is 10.6 Å². The highest BCUT2D eigenvalue weighted by molar-refractivity contribution is 9.10. The van der Waals surface area contributed by atoms with E-state index in [0.29, 0.717) is 12.2 Å². The van der Waals surface area contributed by atoms with Crippen LogP contribution in [0.4, 0.5) is 0 Å². The molecular formula is C19H21BrO2. The molecule has 0 aliphatic heterocycles. The Morgan fingerprint density at radius 1 is 1.00 bits per heavy atom. The molecule has 0 amide bonds. The van der Waals surface area contributed by atoms with Crippen molar-refractivity contribution < 1.29 is 9.90 Å². The second-order valence-corrected chi connectivity index (χ2v) is 6.85. The molecule has 0 radical (unpaired) electrons. The van der Waals surface area contributed by atoms with Crippen LogP contribution < -0.4 is 0 Å². The number of benzene rings is 2. The van der Waals surface area contributed by atoms with E-state index >= 15 is 0 Å². The van der Waals surface area contributed by atoms with Crippen molar-refractivity contribution in [1.82, 2.24) is 0 Å². The van der Waals surface area contributed by atoms with Gasteiger partial charge >= 0.3 is 0 Å². The number of aromatic hydroxyl groups is 1. The highest BCUT2D eigenvalue weighted by Crippen LogP contribution is 2.33. The molecule has 2 aromatic carbocycles. The molecule has 0 saturated heterocycles. The van der Waals surface area contributed by atoms with Crippen LogP contribution in [-0.4, -0.2) is 15.7 Å². The first-order valence-electron chi connectivity index (χ1n) is 7.36. The van der Waals surface area contributed by atoms with Crippen molar-refractivity contribution in [2.75, 3.05) is 0 Å². The summed E-state index contributed by atoms with van der Waals surface area (Å²) in [4.78, 5) is 12.6. The number of alkyl halides is 1. The van der Waals surface area contributed by atoms with Crippen molar-refractivity contribution in [2.45, 2.75) is 38.9 Å². The summed E-state index contributed by atoms with van der Waals surface area (Å²) in [6.07, 6.45) is 0.650. The van der Waals surface area contributed by atoms with E-state index in [1.807, 2.05) is 58.0 Å². The van der Waals surface area contributed by atoms with Gasteiger partial charge in [-0.05, 0) is 61.9 Å². The molecule has 2 nitrogen and oxygen atoms in total. The summed E-state index contributed by atoms with van der Waals surface area (Å²) < 4.78 is 0. The van der Waals surface area contributed by atoms with Crippen molar-refractivity contribution in [1.29, 1.82) is 0 Å². The van der Waals surface area contributed by atoms with Gasteiger partial charge in [0.25, 0.3) is 0 Å². The lowest BCUT2D eigenvalue weighted by atomic mass is 9.89. The molecular weight excluding hydrogens is 340 g/mol. The summed E-state index contributed by atoms with van der Waals surface area (Å²) in [6, 6.07) is 9.97. The van der Waals surface area contributed by atoms with Gasteiger partial charge in [0.15, 0.2) is 5.78 Å². The highest BCUT2D eigenvalue weighted by atomic mass is 79.9. The van der Waals surface area contributed by atoms with Crippen molar-refractivity contribution in [3.05, 3.63) is 63.7 Å². The van der Waals surface area contributed by atoms with Crippen LogP contribution in [-0.2, 0) is 6.42 Å². The molecule has 2 rings (SSSR count). The van der Waals surface area contributed by atoms with Gasteiger partial charge in [-0.25, -0.2) is 0 Å². The number of phenolic OH excluding ortho intramolecular Hbond substituents is 1. The largest absolute Gasteiger partial charge is 0.507 e. The van der Waals surface area contributed by atoms with Gasteiger partial charge in [-0.1, -0.05) is 46.3 Å². The summed E-state index contributed by atoms with van der Waals surface area (Å²) in [5, 5.41) is 10.1. The van der Waals surface area contributed by atoms with Crippen LogP contribution in [0.5, 0.6) is 5.75 Å². The lowest BCUT2D eigenvalue weighted by Crippen LogP contribution is -2.20. The molecule has 0 fully saturated rings. The summed E-state index contributed by atoms with van der Waals surface area (Å²) in [5.74, 6) is 0.366. The monoisotopic (exact) mass is 360 g/mol. The van der Waals surface area contributed by atoms with Gasteiger partial charge in [-0.15, -0.1) is 0 Å². The van der Waals surface area contributed by atoms with Gasteiger partial charge in [-0.2, -0.15) is 0 Å². The van der Waals surface area contributed by atoms with Gasteiger partial charge in [-0.3, -0.25) is 4.79 Å². The Morgan fingerprint density at radius 2 is 1.50 bits per heavy atom. The molecule has 1 N–H and O–H groups in total. The number of ketones is 1. The Bertz CT molecular complexity index is 676. The first-order chi connectivity index (χ1) is 10.3. The highest BCUT2D eigenvalue weighted by Gasteiger charge is 2.24. The molecule has 0 aliphatic rings. The van der Waals surface area contributed by atoms with Crippen LogP contribution in [0.2, 0.25) is 0 Å². The van der Waals surface area contributed by atoms with Crippen molar-refractivity contribution >= 4 is 21.7 Å². The second kappa shape index (κ2) is 6.66. The van der Waals surface area contributed by atoms with E-state index in [2.05, 4.69) is 15.9 Å².